The van der Waals surface area contributed by atoms with E-state index in [9.17, 15) is 14.4 Å². The number of amidine groups is 1. The smallest absolute Gasteiger partial charge is 0.392 e. The molecule has 1 saturated heterocycles. The molecule has 0 saturated carbocycles. The van der Waals surface area contributed by atoms with E-state index in [1.807, 2.05) is 17.0 Å². The molecule has 1 aromatic heterocycles. The van der Waals surface area contributed by atoms with Gasteiger partial charge in [0.15, 0.2) is 0 Å². The largest absolute Gasteiger partial charge is 0.466 e. The van der Waals surface area contributed by atoms with Crippen molar-refractivity contribution in [3.63, 3.8) is 0 Å². The molecule has 9 nitrogen and oxygen atoms in total. The van der Waals surface area contributed by atoms with Crippen LogP contribution in [0.5, 0.6) is 0 Å². The minimum Gasteiger partial charge on any atom is -0.466 e. The number of furan rings is 1. The number of hydrogen-bond acceptors (Lipinski definition) is 6. The molecule has 1 aromatic rings. The second-order valence-electron chi connectivity index (χ2n) is 6.69. The molecule has 9 heteroatoms. The van der Waals surface area contributed by atoms with Crippen LogP contribution >= 0.6 is 0 Å². The Morgan fingerprint density at radius 3 is 2.92 bits per heavy atom. The first-order valence-corrected chi connectivity index (χ1v) is 8.55. The topological polar surface area (TPSA) is 89.4 Å². The predicted octanol–water partition coefficient (Wildman–Crippen LogP) is 0.118. The van der Waals surface area contributed by atoms with Gasteiger partial charge in [-0.05, 0) is 19.1 Å². The Kier molecular flexibility index (Phi) is 3.86. The second kappa shape index (κ2) is 6.08. The van der Waals surface area contributed by atoms with Gasteiger partial charge in [0, 0.05) is 13.5 Å². The lowest BCUT2D eigenvalue weighted by molar-refractivity contribution is -0.556. The maximum absolute atomic E-state index is 12.9. The molecule has 3 aliphatic heterocycles. The van der Waals surface area contributed by atoms with E-state index >= 15 is 0 Å². The summed E-state index contributed by atoms with van der Waals surface area (Å²) in [7, 11) is 1.59. The van der Waals surface area contributed by atoms with Crippen LogP contribution in [0.3, 0.4) is 0 Å². The highest BCUT2D eigenvalue weighted by molar-refractivity contribution is 6.26. The van der Waals surface area contributed by atoms with E-state index in [-0.39, 0.29) is 12.3 Å². The lowest BCUT2D eigenvalue weighted by Crippen LogP contribution is -2.65. The molecule has 26 heavy (non-hydrogen) atoms. The summed E-state index contributed by atoms with van der Waals surface area (Å²) >= 11 is 0. The van der Waals surface area contributed by atoms with Crippen molar-refractivity contribution in [2.75, 3.05) is 26.7 Å². The van der Waals surface area contributed by atoms with Gasteiger partial charge >= 0.3 is 12.0 Å². The molecule has 0 N–H and O–H groups in total. The van der Waals surface area contributed by atoms with Gasteiger partial charge < -0.3 is 4.42 Å². The Labute approximate surface area is 150 Å². The zero-order chi connectivity index (χ0) is 18.4. The highest BCUT2D eigenvalue weighted by Crippen LogP contribution is 2.26. The molecule has 0 bridgehead atoms. The van der Waals surface area contributed by atoms with E-state index in [1.165, 1.54) is 11.8 Å². The fourth-order valence-corrected chi connectivity index (χ4v) is 3.63. The number of amides is 3. The van der Waals surface area contributed by atoms with Crippen LogP contribution in [-0.2, 0) is 16.1 Å². The van der Waals surface area contributed by atoms with Crippen LogP contribution in [0.1, 0.15) is 19.1 Å². The number of ketones is 1. The third-order valence-electron chi connectivity index (χ3n) is 4.81. The Balaban J connectivity index is 1.71. The van der Waals surface area contributed by atoms with Gasteiger partial charge in [-0.3, -0.25) is 24.0 Å². The zero-order valence-corrected chi connectivity index (χ0v) is 14.7. The van der Waals surface area contributed by atoms with E-state index in [2.05, 4.69) is 9.57 Å². The molecule has 1 unspecified atom stereocenters. The Morgan fingerprint density at radius 2 is 2.23 bits per heavy atom. The highest BCUT2D eigenvalue weighted by atomic mass is 16.3. The number of likely N-dealkylation sites (N-methyl/N-ethyl adjacent to an activating group) is 1. The molecule has 3 aliphatic rings. The molecule has 1 fully saturated rings. The summed E-state index contributed by atoms with van der Waals surface area (Å²) in [5, 5.41) is 0. The first-order valence-electron chi connectivity index (χ1n) is 8.55. The van der Waals surface area contributed by atoms with Crippen molar-refractivity contribution in [2.24, 2.45) is 4.99 Å². The normalized spacial score (nSPS) is 22.6. The lowest BCUT2D eigenvalue weighted by Gasteiger charge is -2.35. The number of nitrogens with zero attached hydrogens (tertiary/aromatic N) is 5. The van der Waals surface area contributed by atoms with Gasteiger partial charge in [0.25, 0.3) is 5.91 Å². The summed E-state index contributed by atoms with van der Waals surface area (Å²) in [6.45, 7) is 3.15. The van der Waals surface area contributed by atoms with Crippen molar-refractivity contribution < 1.29 is 23.4 Å². The monoisotopic (exact) mass is 358 g/mol. The van der Waals surface area contributed by atoms with Gasteiger partial charge in [-0.25, -0.2) is 9.69 Å². The minimum absolute atomic E-state index is 0.217. The lowest BCUT2D eigenvalue weighted by atomic mass is 10.1. The van der Waals surface area contributed by atoms with Crippen LogP contribution in [-0.4, -0.2) is 81.5 Å². The van der Waals surface area contributed by atoms with Crippen molar-refractivity contribution in [3.05, 3.63) is 24.2 Å². The summed E-state index contributed by atoms with van der Waals surface area (Å²) in [4.78, 5) is 45.8. The zero-order valence-electron chi connectivity index (χ0n) is 14.7. The van der Waals surface area contributed by atoms with E-state index in [4.69, 9.17) is 4.42 Å². The second-order valence-corrected chi connectivity index (χ2v) is 6.69. The molecular formula is C17H20N5O4+. The molecule has 0 spiro atoms. The number of fused-ring (bicyclic) bond motifs is 3. The molecule has 0 radical (unpaired) electrons. The molecular weight excluding hydrogens is 338 g/mol. The van der Waals surface area contributed by atoms with Gasteiger partial charge in [0.2, 0.25) is 11.9 Å². The van der Waals surface area contributed by atoms with E-state index in [0.29, 0.717) is 24.9 Å². The fraction of sp³-hybridized carbons (Fsp3) is 0.471. The number of urea groups is 1. The number of Topliss-reactive ketones (excluding diaryl/α,β-unsaturated/α-hetero) is 1. The summed E-state index contributed by atoms with van der Waals surface area (Å²) in [6.07, 6.45) is 2.48. The summed E-state index contributed by atoms with van der Waals surface area (Å²) in [5.74, 6) is 1.27. The number of aliphatic imine (C=N–C) groups is 1. The van der Waals surface area contributed by atoms with Crippen molar-refractivity contribution in [3.8, 4) is 0 Å². The number of hydrogen-bond donors (Lipinski definition) is 0. The van der Waals surface area contributed by atoms with Crippen LogP contribution in [0, 0.1) is 0 Å². The van der Waals surface area contributed by atoms with Crippen LogP contribution in [0.2, 0.25) is 0 Å². The highest BCUT2D eigenvalue weighted by Gasteiger charge is 2.56. The third kappa shape index (κ3) is 2.51. The third-order valence-corrected chi connectivity index (χ3v) is 4.81. The molecule has 0 aromatic carbocycles. The fourth-order valence-electron chi connectivity index (χ4n) is 3.63. The maximum Gasteiger partial charge on any atom is 0.392 e. The van der Waals surface area contributed by atoms with Crippen molar-refractivity contribution in [1.82, 2.24) is 14.7 Å². The molecule has 0 aliphatic carbocycles. The van der Waals surface area contributed by atoms with Crippen molar-refractivity contribution in [2.45, 2.75) is 25.9 Å². The average molecular weight is 358 g/mol. The van der Waals surface area contributed by atoms with Gasteiger partial charge in [0.1, 0.15) is 18.1 Å². The minimum atomic E-state index is -0.661. The van der Waals surface area contributed by atoms with E-state index < -0.39 is 18.0 Å². The molecule has 3 amide bonds. The number of carbonyl (C=O) groups is 3. The molecule has 4 heterocycles. The Morgan fingerprint density at radius 1 is 1.42 bits per heavy atom. The Hall–Kier alpha value is -2.97. The van der Waals surface area contributed by atoms with Gasteiger partial charge in [-0.1, -0.05) is 4.99 Å². The SMILES string of the molecule is CC(=O)CN1C(=O)C2C(=NC3=[N+](Cc4ccco4)CCCN32)N(C)C1=O. The maximum atomic E-state index is 12.9. The first-order chi connectivity index (χ1) is 12.5. The predicted molar refractivity (Wildman–Crippen MR) is 90.6 cm³/mol. The van der Waals surface area contributed by atoms with Crippen LogP contribution < -0.4 is 0 Å². The number of carbonyl (C=O) groups excluding carboxylic acids is 3. The standard InChI is InChI=1S/C17H20N5O4/c1-11(23)9-22-15(24)13-14(19(2)17(22)25)18-16-20(6-4-7-21(13)16)10-12-5-3-8-26-12/h3,5,8,13H,4,6-7,9-10H2,1-2H3/q+1. The first kappa shape index (κ1) is 16.5. The van der Waals surface area contributed by atoms with Crippen LogP contribution in [0.15, 0.2) is 27.8 Å². The number of guanidine groups is 1. The Bertz CT molecular complexity index is 841. The average Bonchev–Trinajstić information content (AvgIpc) is 3.24. The number of imide groups is 1. The van der Waals surface area contributed by atoms with Crippen LogP contribution in [0.25, 0.3) is 0 Å². The van der Waals surface area contributed by atoms with Gasteiger partial charge in [-0.2, -0.15) is 0 Å². The molecule has 136 valence electrons. The summed E-state index contributed by atoms with van der Waals surface area (Å²) in [6, 6.07) is 2.55. The molecule has 4 rings (SSSR count). The number of rotatable bonds is 4. The summed E-state index contributed by atoms with van der Waals surface area (Å²) in [5.41, 5.74) is 0. The van der Waals surface area contributed by atoms with Crippen LogP contribution in [0.4, 0.5) is 4.79 Å². The van der Waals surface area contributed by atoms with Gasteiger partial charge in [0.05, 0.1) is 25.9 Å². The quantitative estimate of drug-likeness (QED) is 0.713. The molecule has 1 atom stereocenters. The summed E-state index contributed by atoms with van der Waals surface area (Å²) < 4.78 is 7.47. The van der Waals surface area contributed by atoms with Crippen molar-refractivity contribution >= 4 is 29.5 Å². The van der Waals surface area contributed by atoms with E-state index in [1.54, 1.807) is 13.3 Å². The van der Waals surface area contributed by atoms with E-state index in [0.717, 1.165) is 23.6 Å². The van der Waals surface area contributed by atoms with Gasteiger partial charge in [-0.15, -0.1) is 0 Å². The van der Waals surface area contributed by atoms with Crippen molar-refractivity contribution in [1.29, 1.82) is 0 Å².